The number of halogens is 2. The van der Waals surface area contributed by atoms with E-state index in [4.69, 9.17) is 5.84 Å². The Morgan fingerprint density at radius 1 is 1.15 bits per heavy atom. The van der Waals surface area contributed by atoms with Crippen molar-refractivity contribution in [2.45, 2.75) is 24.3 Å². The molecule has 2 aromatic carbocycles. The van der Waals surface area contributed by atoms with Gasteiger partial charge in [0.25, 0.3) is 0 Å². The summed E-state index contributed by atoms with van der Waals surface area (Å²) < 4.78 is 28.7. The lowest BCUT2D eigenvalue weighted by Gasteiger charge is -2.12. The summed E-state index contributed by atoms with van der Waals surface area (Å²) in [5, 5.41) is 9.97. The summed E-state index contributed by atoms with van der Waals surface area (Å²) in [5.74, 6) is 4.27. The van der Waals surface area contributed by atoms with Crippen LogP contribution in [-0.2, 0) is 4.79 Å². The van der Waals surface area contributed by atoms with Crippen LogP contribution in [0.15, 0.2) is 47.6 Å². The summed E-state index contributed by atoms with van der Waals surface area (Å²) in [6, 6.07) is 10.9. The monoisotopic (exact) mass is 389 g/mol. The van der Waals surface area contributed by atoms with Crippen LogP contribution in [0.2, 0.25) is 0 Å². The molecule has 3 N–H and O–H groups in total. The molecular weight excluding hydrogens is 372 g/mol. The molecule has 1 amide bonds. The Bertz CT molecular complexity index is 971. The highest BCUT2D eigenvalue weighted by Gasteiger charge is 2.22. The number of para-hydroxylation sites is 1. The fourth-order valence-electron chi connectivity index (χ4n) is 2.42. The number of thioether (sulfide) groups is 1. The van der Waals surface area contributed by atoms with Crippen molar-refractivity contribution in [2.24, 2.45) is 0 Å². The van der Waals surface area contributed by atoms with Crippen LogP contribution in [-0.4, -0.2) is 26.0 Å². The third kappa shape index (κ3) is 3.92. The lowest BCUT2D eigenvalue weighted by molar-refractivity contribution is -0.115. The van der Waals surface area contributed by atoms with Crippen molar-refractivity contribution in [2.75, 3.05) is 11.2 Å². The van der Waals surface area contributed by atoms with Crippen molar-refractivity contribution in [3.8, 4) is 11.4 Å². The minimum absolute atomic E-state index is 0.310. The number of aryl methyl sites for hydroxylation is 1. The van der Waals surface area contributed by atoms with Gasteiger partial charge in [0.15, 0.2) is 5.82 Å². The zero-order valence-corrected chi connectivity index (χ0v) is 15.4. The first-order chi connectivity index (χ1) is 12.9. The summed E-state index contributed by atoms with van der Waals surface area (Å²) in [5.41, 5.74) is 1.32. The topological polar surface area (TPSA) is 85.8 Å². The smallest absolute Gasteiger partial charge is 0.237 e. The first-order valence-corrected chi connectivity index (χ1v) is 8.94. The number of carbonyl (C=O) groups is 1. The van der Waals surface area contributed by atoms with Gasteiger partial charge >= 0.3 is 0 Å². The second-order valence-corrected chi connectivity index (χ2v) is 7.15. The molecule has 0 saturated heterocycles. The van der Waals surface area contributed by atoms with Crippen molar-refractivity contribution in [1.29, 1.82) is 0 Å². The predicted molar refractivity (Wildman–Crippen MR) is 101 cm³/mol. The highest BCUT2D eigenvalue weighted by Crippen LogP contribution is 2.27. The number of nitrogen functional groups attached to an aromatic ring is 1. The molecule has 0 aliphatic heterocycles. The Kier molecular flexibility index (Phi) is 5.41. The van der Waals surface area contributed by atoms with E-state index >= 15 is 0 Å². The van der Waals surface area contributed by atoms with E-state index < -0.39 is 28.5 Å². The zero-order chi connectivity index (χ0) is 19.6. The number of carbonyl (C=O) groups excluding carboxylic acids is 1. The van der Waals surface area contributed by atoms with E-state index in [1.54, 1.807) is 6.92 Å². The Hall–Kier alpha value is -2.94. The average molecular weight is 389 g/mol. The van der Waals surface area contributed by atoms with Crippen LogP contribution in [0.5, 0.6) is 0 Å². The summed E-state index contributed by atoms with van der Waals surface area (Å²) in [6.07, 6.45) is 0. The molecule has 3 aromatic rings. The van der Waals surface area contributed by atoms with Gasteiger partial charge in [0.2, 0.25) is 11.1 Å². The number of benzene rings is 2. The van der Waals surface area contributed by atoms with Crippen molar-refractivity contribution in [1.82, 2.24) is 14.9 Å². The summed E-state index contributed by atoms with van der Waals surface area (Å²) in [4.78, 5) is 12.3. The van der Waals surface area contributed by atoms with Crippen LogP contribution in [0.4, 0.5) is 14.5 Å². The van der Waals surface area contributed by atoms with Gasteiger partial charge in [-0.2, -0.15) is 0 Å². The Labute approximate surface area is 158 Å². The van der Waals surface area contributed by atoms with E-state index in [1.807, 2.05) is 31.2 Å². The third-order valence-electron chi connectivity index (χ3n) is 3.91. The number of nitrogens with zero attached hydrogens (tertiary/aromatic N) is 3. The standard InChI is InChI=1S/C18H17F2N5OS/c1-10-6-3-4-7-12(10)16-23-24-18(25(16)21)27-11(2)17(26)22-15-13(19)8-5-9-14(15)20/h3-9,11H,21H2,1-2H3,(H,22,26)/t11-/m1/s1. The maximum Gasteiger partial charge on any atom is 0.237 e. The number of nitrogens with two attached hydrogens (primary N) is 1. The minimum atomic E-state index is -0.843. The van der Waals surface area contributed by atoms with Gasteiger partial charge in [0, 0.05) is 5.56 Å². The van der Waals surface area contributed by atoms with Crippen LogP contribution >= 0.6 is 11.8 Å². The van der Waals surface area contributed by atoms with Crippen molar-refractivity contribution in [3.63, 3.8) is 0 Å². The molecule has 140 valence electrons. The summed E-state index contributed by atoms with van der Waals surface area (Å²) in [7, 11) is 0. The number of amides is 1. The highest BCUT2D eigenvalue weighted by molar-refractivity contribution is 8.00. The molecule has 6 nitrogen and oxygen atoms in total. The number of aromatic nitrogens is 3. The maximum atomic E-state index is 13.7. The Morgan fingerprint density at radius 3 is 2.48 bits per heavy atom. The van der Waals surface area contributed by atoms with Crippen LogP contribution in [0.3, 0.4) is 0 Å². The molecule has 27 heavy (non-hydrogen) atoms. The van der Waals surface area contributed by atoms with Gasteiger partial charge in [-0.1, -0.05) is 42.1 Å². The normalized spacial score (nSPS) is 12.0. The van der Waals surface area contributed by atoms with E-state index in [2.05, 4.69) is 15.5 Å². The van der Waals surface area contributed by atoms with Crippen LogP contribution in [0, 0.1) is 18.6 Å². The maximum absolute atomic E-state index is 13.7. The molecule has 0 unspecified atom stereocenters. The van der Waals surface area contributed by atoms with Crippen LogP contribution in [0.1, 0.15) is 12.5 Å². The van der Waals surface area contributed by atoms with Crippen LogP contribution < -0.4 is 11.2 Å². The summed E-state index contributed by atoms with van der Waals surface area (Å²) >= 11 is 1.04. The van der Waals surface area contributed by atoms with Gasteiger partial charge in [0.05, 0.1) is 5.25 Å². The van der Waals surface area contributed by atoms with Crippen molar-refractivity contribution < 1.29 is 13.6 Å². The van der Waals surface area contributed by atoms with Gasteiger partial charge in [-0.05, 0) is 31.5 Å². The number of anilines is 1. The Balaban J connectivity index is 1.76. The molecule has 0 spiro atoms. The van der Waals surface area contributed by atoms with E-state index in [0.29, 0.717) is 11.0 Å². The number of rotatable bonds is 5. The first kappa shape index (κ1) is 18.8. The van der Waals surface area contributed by atoms with E-state index in [9.17, 15) is 13.6 Å². The number of nitrogens with one attached hydrogen (secondary N) is 1. The fraction of sp³-hybridized carbons (Fsp3) is 0.167. The van der Waals surface area contributed by atoms with Gasteiger partial charge in [-0.15, -0.1) is 10.2 Å². The van der Waals surface area contributed by atoms with E-state index in [1.165, 1.54) is 10.7 Å². The number of hydrogen-bond donors (Lipinski definition) is 2. The number of hydrogen-bond acceptors (Lipinski definition) is 5. The third-order valence-corrected chi connectivity index (χ3v) is 4.97. The van der Waals surface area contributed by atoms with Crippen molar-refractivity contribution >= 4 is 23.4 Å². The van der Waals surface area contributed by atoms with Crippen LogP contribution in [0.25, 0.3) is 11.4 Å². The van der Waals surface area contributed by atoms with E-state index in [0.717, 1.165) is 35.0 Å². The minimum Gasteiger partial charge on any atom is -0.335 e. The molecule has 0 saturated carbocycles. The van der Waals surface area contributed by atoms with Gasteiger partial charge in [-0.25, -0.2) is 13.5 Å². The second kappa shape index (κ2) is 7.75. The molecule has 9 heteroatoms. The molecule has 0 bridgehead atoms. The molecule has 1 aromatic heterocycles. The highest BCUT2D eigenvalue weighted by atomic mass is 32.2. The molecular formula is C18H17F2N5OS. The van der Waals surface area contributed by atoms with Gasteiger partial charge < -0.3 is 11.2 Å². The predicted octanol–water partition coefficient (Wildman–Crippen LogP) is 3.36. The molecule has 0 radical (unpaired) electrons. The van der Waals surface area contributed by atoms with Gasteiger partial charge in [-0.3, -0.25) is 4.79 Å². The second-order valence-electron chi connectivity index (χ2n) is 5.84. The largest absolute Gasteiger partial charge is 0.335 e. The molecule has 1 heterocycles. The molecule has 3 rings (SSSR count). The SMILES string of the molecule is Cc1ccccc1-c1nnc(S[C@H](C)C(=O)Nc2c(F)cccc2F)n1N. The first-order valence-electron chi connectivity index (χ1n) is 8.06. The quantitative estimate of drug-likeness (QED) is 0.516. The zero-order valence-electron chi connectivity index (χ0n) is 14.6. The molecule has 0 aliphatic carbocycles. The Morgan fingerprint density at radius 2 is 1.81 bits per heavy atom. The summed E-state index contributed by atoms with van der Waals surface area (Å²) in [6.45, 7) is 3.51. The lowest BCUT2D eigenvalue weighted by Crippen LogP contribution is -2.24. The fourth-order valence-corrected chi connectivity index (χ4v) is 3.19. The average Bonchev–Trinajstić information content (AvgIpc) is 2.99. The van der Waals surface area contributed by atoms with Crippen molar-refractivity contribution in [3.05, 3.63) is 59.7 Å². The molecule has 0 aliphatic rings. The van der Waals surface area contributed by atoms with Gasteiger partial charge in [0.1, 0.15) is 17.3 Å². The van der Waals surface area contributed by atoms with E-state index in [-0.39, 0.29) is 0 Å². The molecule has 1 atom stereocenters. The molecule has 0 fully saturated rings. The lowest BCUT2D eigenvalue weighted by atomic mass is 10.1.